The largest absolute Gasteiger partial charge is 0.434 e. The van der Waals surface area contributed by atoms with Gasteiger partial charge in [0.25, 0.3) is 0 Å². The third kappa shape index (κ3) is 3.74. The first-order valence-electron chi connectivity index (χ1n) is 3.96. The van der Waals surface area contributed by atoms with Crippen molar-refractivity contribution in [3.05, 3.63) is 16.1 Å². The smallest absolute Gasteiger partial charge is 0.370 e. The molecule has 84 valence electrons. The number of guanidine groups is 1. The maximum absolute atomic E-state index is 12.1. The Bertz CT molecular complexity index is 353. The number of nitrogens with two attached hydrogens (primary N) is 2. The molecule has 0 bridgehead atoms. The first-order chi connectivity index (χ1) is 6.89. The molecule has 0 radical (unpaired) electrons. The molecule has 15 heavy (non-hydrogen) atoms. The lowest BCUT2D eigenvalue weighted by Gasteiger charge is -1.99. The lowest BCUT2D eigenvalue weighted by atomic mass is 10.4. The topological polar surface area (TPSA) is 77.3 Å². The Morgan fingerprint density at radius 3 is 2.60 bits per heavy atom. The Morgan fingerprint density at radius 1 is 1.47 bits per heavy atom. The molecule has 0 fully saturated rings. The van der Waals surface area contributed by atoms with Crippen molar-refractivity contribution >= 4 is 17.3 Å². The predicted octanol–water partition coefficient (Wildman–Crippen LogP) is 0.978. The van der Waals surface area contributed by atoms with Gasteiger partial charge >= 0.3 is 6.18 Å². The molecule has 0 aliphatic heterocycles. The predicted molar refractivity (Wildman–Crippen MR) is 51.5 cm³/mol. The summed E-state index contributed by atoms with van der Waals surface area (Å²) < 4.78 is 36.4. The average molecular weight is 238 g/mol. The van der Waals surface area contributed by atoms with Gasteiger partial charge in [-0.2, -0.15) is 13.2 Å². The zero-order valence-corrected chi connectivity index (χ0v) is 8.40. The molecule has 0 atom stereocenters. The van der Waals surface area contributed by atoms with Gasteiger partial charge in [0.1, 0.15) is 0 Å². The molecule has 0 spiro atoms. The van der Waals surface area contributed by atoms with Crippen molar-refractivity contribution in [3.63, 3.8) is 0 Å². The van der Waals surface area contributed by atoms with E-state index in [1.807, 2.05) is 0 Å². The highest BCUT2D eigenvalue weighted by Crippen LogP contribution is 2.29. The minimum Gasteiger partial charge on any atom is -0.370 e. The third-order valence-electron chi connectivity index (χ3n) is 1.46. The van der Waals surface area contributed by atoms with Crippen molar-refractivity contribution in [1.82, 2.24) is 4.98 Å². The number of alkyl halides is 3. The lowest BCUT2D eigenvalue weighted by Crippen LogP contribution is -2.23. The van der Waals surface area contributed by atoms with Crippen LogP contribution in [0.2, 0.25) is 0 Å². The molecule has 4 nitrogen and oxygen atoms in total. The first kappa shape index (κ1) is 11.8. The van der Waals surface area contributed by atoms with Gasteiger partial charge in [0.2, 0.25) is 0 Å². The van der Waals surface area contributed by atoms with Gasteiger partial charge in [0.05, 0.1) is 5.01 Å². The normalized spacial score (nSPS) is 11.4. The van der Waals surface area contributed by atoms with Crippen LogP contribution in [0.3, 0.4) is 0 Å². The number of nitrogens with zero attached hydrogens (tertiary/aromatic N) is 2. The van der Waals surface area contributed by atoms with E-state index in [0.29, 0.717) is 11.4 Å². The number of aromatic nitrogens is 1. The van der Waals surface area contributed by atoms with Gasteiger partial charge in [-0.25, -0.2) is 4.98 Å². The van der Waals surface area contributed by atoms with E-state index in [2.05, 4.69) is 9.98 Å². The maximum Gasteiger partial charge on any atom is 0.434 e. The summed E-state index contributed by atoms with van der Waals surface area (Å²) >= 11 is 0.946. The minimum atomic E-state index is -4.38. The fourth-order valence-electron chi connectivity index (χ4n) is 0.837. The van der Waals surface area contributed by atoms with Gasteiger partial charge in [-0.15, -0.1) is 11.3 Å². The summed E-state index contributed by atoms with van der Waals surface area (Å²) in [5.74, 6) is -0.0809. The zero-order valence-electron chi connectivity index (χ0n) is 7.58. The van der Waals surface area contributed by atoms with Crippen LogP contribution in [0.25, 0.3) is 0 Å². The summed E-state index contributed by atoms with van der Waals surface area (Å²) in [5.41, 5.74) is 9.26. The number of hydrogen-bond donors (Lipinski definition) is 2. The highest BCUT2D eigenvalue weighted by atomic mass is 32.1. The maximum atomic E-state index is 12.1. The van der Waals surface area contributed by atoms with E-state index in [4.69, 9.17) is 11.5 Å². The second kappa shape index (κ2) is 4.47. The number of halogens is 3. The van der Waals surface area contributed by atoms with Crippen molar-refractivity contribution in [3.8, 4) is 0 Å². The molecule has 0 amide bonds. The average Bonchev–Trinajstić information content (AvgIpc) is 2.51. The summed E-state index contributed by atoms with van der Waals surface area (Å²) in [6.07, 6.45) is -4.08. The summed E-state index contributed by atoms with van der Waals surface area (Å²) in [5, 5.41) is 1.34. The Kier molecular flexibility index (Phi) is 3.51. The number of aliphatic imine (C=N–C) groups is 1. The highest BCUT2D eigenvalue weighted by molar-refractivity contribution is 7.09. The molecule has 8 heteroatoms. The second-order valence-electron chi connectivity index (χ2n) is 2.68. The molecule has 1 rings (SSSR count). The summed E-state index contributed by atoms with van der Waals surface area (Å²) in [4.78, 5) is 7.07. The van der Waals surface area contributed by atoms with Gasteiger partial charge in [-0.1, -0.05) is 0 Å². The fourth-order valence-corrected chi connectivity index (χ4v) is 1.63. The SMILES string of the molecule is NC(N)=NCCc1nc(C(F)(F)F)cs1. The molecule has 4 N–H and O–H groups in total. The van der Waals surface area contributed by atoms with Gasteiger partial charge in [-0.3, -0.25) is 4.99 Å². The molecular formula is C7H9F3N4S. The van der Waals surface area contributed by atoms with E-state index in [1.54, 1.807) is 0 Å². The molecular weight excluding hydrogens is 229 g/mol. The van der Waals surface area contributed by atoms with Crippen LogP contribution in [0.1, 0.15) is 10.7 Å². The van der Waals surface area contributed by atoms with Crippen molar-refractivity contribution < 1.29 is 13.2 Å². The van der Waals surface area contributed by atoms with E-state index in [9.17, 15) is 13.2 Å². The molecule has 0 saturated carbocycles. The van der Waals surface area contributed by atoms with Crippen LogP contribution in [-0.2, 0) is 12.6 Å². The van der Waals surface area contributed by atoms with Gasteiger partial charge in [0.15, 0.2) is 11.7 Å². The van der Waals surface area contributed by atoms with E-state index >= 15 is 0 Å². The van der Waals surface area contributed by atoms with Crippen LogP contribution >= 0.6 is 11.3 Å². The molecule has 0 unspecified atom stereocenters. The zero-order chi connectivity index (χ0) is 11.5. The van der Waals surface area contributed by atoms with E-state index in [1.165, 1.54) is 0 Å². The molecule has 1 aromatic rings. The monoisotopic (exact) mass is 238 g/mol. The Hall–Kier alpha value is -1.31. The molecule has 1 heterocycles. The highest BCUT2D eigenvalue weighted by Gasteiger charge is 2.33. The number of hydrogen-bond acceptors (Lipinski definition) is 3. The molecule has 0 aliphatic rings. The van der Waals surface area contributed by atoms with Crippen LogP contribution in [0, 0.1) is 0 Å². The van der Waals surface area contributed by atoms with Crippen molar-refractivity contribution in [1.29, 1.82) is 0 Å². The van der Waals surface area contributed by atoms with Crippen molar-refractivity contribution in [2.45, 2.75) is 12.6 Å². The molecule has 1 aromatic heterocycles. The van der Waals surface area contributed by atoms with Gasteiger partial charge in [-0.05, 0) is 0 Å². The Morgan fingerprint density at radius 2 is 2.13 bits per heavy atom. The van der Waals surface area contributed by atoms with Crippen LogP contribution in [0.15, 0.2) is 10.4 Å². The lowest BCUT2D eigenvalue weighted by molar-refractivity contribution is -0.140. The summed E-state index contributed by atoms with van der Waals surface area (Å²) in [6, 6.07) is 0. The minimum absolute atomic E-state index is 0.0809. The number of rotatable bonds is 3. The van der Waals surface area contributed by atoms with Crippen LogP contribution in [-0.4, -0.2) is 17.5 Å². The van der Waals surface area contributed by atoms with Gasteiger partial charge in [0, 0.05) is 18.3 Å². The molecule has 0 aromatic carbocycles. The van der Waals surface area contributed by atoms with E-state index in [0.717, 1.165) is 16.7 Å². The quantitative estimate of drug-likeness (QED) is 0.608. The van der Waals surface area contributed by atoms with Gasteiger partial charge < -0.3 is 11.5 Å². The standard InChI is InChI=1S/C7H9F3N4S/c8-7(9,10)4-3-15-5(14-4)1-2-13-6(11)12/h3H,1-2H2,(H4,11,12,13). The van der Waals surface area contributed by atoms with Crippen LogP contribution in [0.5, 0.6) is 0 Å². The third-order valence-corrected chi connectivity index (χ3v) is 2.37. The fraction of sp³-hybridized carbons (Fsp3) is 0.429. The first-order valence-corrected chi connectivity index (χ1v) is 4.84. The summed E-state index contributed by atoms with van der Waals surface area (Å²) in [6.45, 7) is 0.243. The Labute approximate surface area is 87.8 Å². The molecule has 0 aliphatic carbocycles. The van der Waals surface area contributed by atoms with E-state index in [-0.39, 0.29) is 12.5 Å². The van der Waals surface area contributed by atoms with E-state index < -0.39 is 11.9 Å². The Balaban J connectivity index is 2.58. The van der Waals surface area contributed by atoms with Crippen molar-refractivity contribution in [2.24, 2.45) is 16.5 Å². The summed E-state index contributed by atoms with van der Waals surface area (Å²) in [7, 11) is 0. The van der Waals surface area contributed by atoms with Crippen LogP contribution < -0.4 is 11.5 Å². The number of thiazole rings is 1. The second-order valence-corrected chi connectivity index (χ2v) is 3.62. The van der Waals surface area contributed by atoms with Crippen molar-refractivity contribution in [2.75, 3.05) is 6.54 Å². The van der Waals surface area contributed by atoms with Crippen LogP contribution in [0.4, 0.5) is 13.2 Å². The molecule has 0 saturated heterocycles.